The van der Waals surface area contributed by atoms with E-state index < -0.39 is 35.9 Å². The van der Waals surface area contributed by atoms with Crippen LogP contribution in [0.3, 0.4) is 0 Å². The van der Waals surface area contributed by atoms with E-state index >= 15 is 0 Å². The lowest BCUT2D eigenvalue weighted by molar-refractivity contribution is -0.142. The summed E-state index contributed by atoms with van der Waals surface area (Å²) in [5.41, 5.74) is 1.43. The van der Waals surface area contributed by atoms with Gasteiger partial charge < -0.3 is 30.9 Å². The van der Waals surface area contributed by atoms with Crippen LogP contribution < -0.4 is 16.0 Å². The van der Waals surface area contributed by atoms with Crippen molar-refractivity contribution < 1.29 is 24.3 Å². The van der Waals surface area contributed by atoms with Gasteiger partial charge in [0.05, 0.1) is 0 Å². The number of carboxylic acid groups (broad SMARTS) is 1. The van der Waals surface area contributed by atoms with Gasteiger partial charge in [0.25, 0.3) is 0 Å². The maximum Gasteiger partial charge on any atom is 0.326 e. The number of benzene rings is 1. The highest BCUT2D eigenvalue weighted by Gasteiger charge is 2.41. The van der Waals surface area contributed by atoms with Crippen molar-refractivity contribution in [3.63, 3.8) is 0 Å². The number of H-pyrrole nitrogens is 1. The summed E-state index contributed by atoms with van der Waals surface area (Å²) in [7, 11) is 0. The van der Waals surface area contributed by atoms with E-state index in [1.807, 2.05) is 49.9 Å². The second-order valence-electron chi connectivity index (χ2n) is 11.6. The van der Waals surface area contributed by atoms with Crippen LogP contribution in [0.25, 0.3) is 10.9 Å². The molecule has 1 saturated carbocycles. The van der Waals surface area contributed by atoms with Gasteiger partial charge in [-0.3, -0.25) is 9.59 Å². The molecule has 0 bridgehead atoms. The Labute approximate surface area is 245 Å². The van der Waals surface area contributed by atoms with Crippen molar-refractivity contribution in [2.45, 2.75) is 109 Å². The summed E-state index contributed by atoms with van der Waals surface area (Å²) in [6.45, 7) is 5.98. The van der Waals surface area contributed by atoms with Gasteiger partial charge in [-0.05, 0) is 69.9 Å². The van der Waals surface area contributed by atoms with E-state index in [1.165, 1.54) is 0 Å². The molecule has 1 aliphatic carbocycles. The number of fused-ring (bicyclic) bond motifs is 1. The molecule has 10 nitrogen and oxygen atoms in total. The van der Waals surface area contributed by atoms with Gasteiger partial charge in [0.15, 0.2) is 0 Å². The van der Waals surface area contributed by atoms with Crippen LogP contribution in [0.2, 0.25) is 5.15 Å². The second kappa shape index (κ2) is 13.6. The zero-order valence-electron chi connectivity index (χ0n) is 24.0. The summed E-state index contributed by atoms with van der Waals surface area (Å²) in [6, 6.07) is 4.34. The van der Waals surface area contributed by atoms with Crippen LogP contribution in [0.4, 0.5) is 4.79 Å². The molecule has 2 aliphatic rings. The highest BCUT2D eigenvalue weighted by atomic mass is 35.5. The Balaban J connectivity index is 1.56. The van der Waals surface area contributed by atoms with Crippen LogP contribution in [-0.4, -0.2) is 69.0 Å². The van der Waals surface area contributed by atoms with Crippen molar-refractivity contribution in [3.05, 3.63) is 35.0 Å². The van der Waals surface area contributed by atoms with Crippen LogP contribution in [0, 0.1) is 5.92 Å². The molecule has 11 heteroatoms. The average molecular weight is 588 g/mol. The lowest BCUT2D eigenvalue weighted by Gasteiger charge is -2.39. The fourth-order valence-corrected chi connectivity index (χ4v) is 6.12. The number of aromatic nitrogens is 1. The fourth-order valence-electron chi connectivity index (χ4n) is 5.84. The normalized spacial score (nSPS) is 21.1. The Bertz CT molecular complexity index is 1250. The molecule has 5 atom stereocenters. The minimum Gasteiger partial charge on any atom is -0.480 e. The molecule has 2 unspecified atom stereocenters. The Morgan fingerprint density at radius 2 is 1.66 bits per heavy atom. The lowest BCUT2D eigenvalue weighted by atomic mass is 9.98. The number of hydrogen-bond acceptors (Lipinski definition) is 4. The average Bonchev–Trinajstić information content (AvgIpc) is 3.72. The highest BCUT2D eigenvalue weighted by molar-refractivity contribution is 6.31. The molecule has 4 rings (SSSR count). The molecule has 5 N–H and O–H groups in total. The topological polar surface area (TPSA) is 144 Å². The monoisotopic (exact) mass is 587 g/mol. The summed E-state index contributed by atoms with van der Waals surface area (Å²) in [6.07, 6.45) is 6.21. The first-order valence-electron chi connectivity index (χ1n) is 14.8. The third kappa shape index (κ3) is 7.52. The van der Waals surface area contributed by atoms with Gasteiger partial charge in [0, 0.05) is 29.4 Å². The number of nitrogens with one attached hydrogen (secondary N) is 4. The van der Waals surface area contributed by atoms with Crippen LogP contribution in [0.15, 0.2) is 24.3 Å². The maximum absolute atomic E-state index is 13.7. The quantitative estimate of drug-likeness (QED) is 0.251. The summed E-state index contributed by atoms with van der Waals surface area (Å²) in [4.78, 5) is 57.4. The minimum atomic E-state index is -1.13. The summed E-state index contributed by atoms with van der Waals surface area (Å²) in [5.74, 6) is -2.22. The number of hydrogen-bond donors (Lipinski definition) is 5. The summed E-state index contributed by atoms with van der Waals surface area (Å²) in [5, 5.41) is 19.3. The van der Waals surface area contributed by atoms with E-state index in [9.17, 15) is 24.3 Å². The number of piperidine rings is 1. The number of aliphatic carboxylic acids is 1. The minimum absolute atomic E-state index is 0.0222. The van der Waals surface area contributed by atoms with Crippen LogP contribution in [0.1, 0.15) is 77.7 Å². The van der Waals surface area contributed by atoms with Gasteiger partial charge in [0.1, 0.15) is 23.3 Å². The molecule has 224 valence electrons. The number of carbonyl (C=O) groups excluding carboxylic acids is 3. The Morgan fingerprint density at radius 3 is 2.29 bits per heavy atom. The summed E-state index contributed by atoms with van der Waals surface area (Å²) < 4.78 is 0. The van der Waals surface area contributed by atoms with Gasteiger partial charge >= 0.3 is 12.0 Å². The van der Waals surface area contributed by atoms with E-state index in [1.54, 1.807) is 0 Å². The van der Waals surface area contributed by atoms with Gasteiger partial charge in [0.2, 0.25) is 11.8 Å². The second-order valence-corrected chi connectivity index (χ2v) is 11.9. The smallest absolute Gasteiger partial charge is 0.326 e. The molecule has 41 heavy (non-hydrogen) atoms. The Hall–Kier alpha value is -3.27. The first kappa shape index (κ1) is 30.7. The number of urea groups is 1. The molecule has 2 aromatic rings. The fraction of sp³-hybridized carbons (Fsp3) is 0.600. The van der Waals surface area contributed by atoms with E-state index in [2.05, 4.69) is 20.9 Å². The lowest BCUT2D eigenvalue weighted by Crippen LogP contribution is -2.60. The molecule has 0 radical (unpaired) electrons. The highest BCUT2D eigenvalue weighted by Crippen LogP contribution is 2.34. The number of para-hydroxylation sites is 1. The van der Waals surface area contributed by atoms with E-state index in [0.29, 0.717) is 17.1 Å². The Morgan fingerprint density at radius 1 is 1.00 bits per heavy atom. The molecule has 1 saturated heterocycles. The number of nitrogens with zero attached hydrogens (tertiary/aromatic N) is 1. The largest absolute Gasteiger partial charge is 0.480 e. The molecule has 2 heterocycles. The maximum atomic E-state index is 13.7. The third-order valence-corrected chi connectivity index (χ3v) is 8.67. The number of rotatable bonds is 12. The van der Waals surface area contributed by atoms with Crippen LogP contribution >= 0.6 is 11.6 Å². The number of amides is 4. The zero-order valence-corrected chi connectivity index (χ0v) is 24.8. The molecule has 1 aromatic carbocycles. The number of likely N-dealkylation sites (tertiary alicyclic amines) is 1. The molecule has 1 aromatic heterocycles. The van der Waals surface area contributed by atoms with Gasteiger partial charge in [-0.2, -0.15) is 0 Å². The summed E-state index contributed by atoms with van der Waals surface area (Å²) >= 11 is 6.53. The number of carboxylic acids is 1. The van der Waals surface area contributed by atoms with Crippen molar-refractivity contribution in [1.29, 1.82) is 0 Å². The number of halogens is 1. The van der Waals surface area contributed by atoms with Crippen molar-refractivity contribution in [2.24, 2.45) is 5.92 Å². The number of unbranched alkanes of at least 4 members (excludes halogenated alkanes) is 1. The molecular formula is C30H42ClN5O5. The zero-order chi connectivity index (χ0) is 29.7. The first-order chi connectivity index (χ1) is 19.6. The first-order valence-corrected chi connectivity index (χ1v) is 15.2. The van der Waals surface area contributed by atoms with Gasteiger partial charge in [-0.15, -0.1) is 0 Å². The Kier molecular flexibility index (Phi) is 10.2. The van der Waals surface area contributed by atoms with Crippen molar-refractivity contribution >= 4 is 46.3 Å². The van der Waals surface area contributed by atoms with E-state index in [0.717, 1.165) is 49.4 Å². The van der Waals surface area contributed by atoms with Crippen LogP contribution in [0.5, 0.6) is 0 Å². The predicted molar refractivity (Wildman–Crippen MR) is 158 cm³/mol. The van der Waals surface area contributed by atoms with Crippen molar-refractivity contribution in [1.82, 2.24) is 25.8 Å². The molecule has 2 fully saturated rings. The molecular weight excluding hydrogens is 546 g/mol. The third-order valence-electron chi connectivity index (χ3n) is 8.35. The van der Waals surface area contributed by atoms with Gasteiger partial charge in [-0.25, -0.2) is 9.59 Å². The molecule has 1 aliphatic heterocycles. The number of aromatic amines is 1. The molecule has 4 amide bonds. The number of carbonyl (C=O) groups is 4. The predicted octanol–water partition coefficient (Wildman–Crippen LogP) is 4.36. The molecule has 0 spiro atoms. The van der Waals surface area contributed by atoms with E-state index in [4.69, 9.17) is 11.6 Å². The van der Waals surface area contributed by atoms with Crippen molar-refractivity contribution in [3.8, 4) is 0 Å². The van der Waals surface area contributed by atoms with Crippen molar-refractivity contribution in [2.75, 3.05) is 0 Å². The van der Waals surface area contributed by atoms with Gasteiger partial charge in [-0.1, -0.05) is 49.6 Å². The van der Waals surface area contributed by atoms with Crippen LogP contribution in [-0.2, 0) is 20.8 Å². The SMILES string of the molecule is CCCCC(NC(=O)[C@@H](Cc1c(Cl)[nH]c2ccccc12)NC(=O)C(NC(=O)N1[C@H](C)CCC[C@@H]1C)C1CC1)C(=O)O. The standard InChI is InChI=1S/C30H42ClN5O5/c1-4-5-12-23(29(39)40)33-27(37)24(16-21-20-11-6-7-13-22(20)32-26(21)31)34-28(38)25(19-14-15-19)35-30(41)36-17(2)9-8-10-18(36)3/h6-7,11,13,17-19,23-25,32H,4-5,8-10,12,14-16H2,1-3H3,(H,33,37)(H,34,38)(H,35,41)(H,39,40)/t17-,18+,23?,24-,25?/m1/s1. The van der Waals surface area contributed by atoms with E-state index in [-0.39, 0.29) is 36.9 Å².